The van der Waals surface area contributed by atoms with Gasteiger partial charge in [0.05, 0.1) is 11.0 Å². The monoisotopic (exact) mass is 445 g/mol. The number of hydrogen-bond donors (Lipinski definition) is 2. The molecule has 0 aliphatic rings. The Morgan fingerprint density at radius 2 is 1.62 bits per heavy atom. The lowest BCUT2D eigenvalue weighted by atomic mass is 9.88. The Bertz CT molecular complexity index is 1600. The molecule has 7 nitrogen and oxygen atoms in total. The van der Waals surface area contributed by atoms with E-state index < -0.39 is 0 Å². The molecule has 3 heterocycles. The van der Waals surface area contributed by atoms with Crippen LogP contribution in [-0.2, 0) is 13.5 Å². The largest absolute Gasteiger partial charge is 0.384 e. The smallest absolute Gasteiger partial charge is 0.203 e. The van der Waals surface area contributed by atoms with Crippen LogP contribution in [0, 0.1) is 0 Å². The van der Waals surface area contributed by atoms with Crippen molar-refractivity contribution in [1.82, 2.24) is 29.9 Å². The van der Waals surface area contributed by atoms with Crippen molar-refractivity contribution in [2.45, 2.75) is 12.3 Å². The zero-order valence-electron chi connectivity index (χ0n) is 18.7. The van der Waals surface area contributed by atoms with Gasteiger partial charge in [0.1, 0.15) is 17.2 Å². The molecule has 0 bridgehead atoms. The minimum Gasteiger partial charge on any atom is -0.384 e. The fraction of sp³-hybridized carbons (Fsp3) is 0.111. The van der Waals surface area contributed by atoms with Crippen LogP contribution in [0.4, 0.5) is 5.82 Å². The normalized spacial score (nSPS) is 12.4. The number of pyridine rings is 1. The summed E-state index contributed by atoms with van der Waals surface area (Å²) in [6.07, 6.45) is 0.675. The standard InChI is InChI=1S/C27H23N7/c1-34-22-14-8-13-19(17-9-4-2-5-10-17)25(22)30-24(34)16-20(18-11-6-3-7-12-18)21-15-23(28)29-27-26(21)31-33-32-27/h2-15,20H,16H2,1H3,(H3,28,29,31,32,33). The van der Waals surface area contributed by atoms with E-state index in [0.717, 1.165) is 44.6 Å². The third-order valence-electron chi connectivity index (χ3n) is 6.39. The number of rotatable bonds is 5. The molecule has 166 valence electrons. The summed E-state index contributed by atoms with van der Waals surface area (Å²) in [5, 5.41) is 11.3. The van der Waals surface area contributed by atoms with E-state index in [0.29, 0.717) is 17.9 Å². The Labute approximate surface area is 196 Å². The molecule has 7 heteroatoms. The van der Waals surface area contributed by atoms with Gasteiger partial charge in [0, 0.05) is 24.9 Å². The molecule has 0 saturated heterocycles. The predicted octanol–water partition coefficient (Wildman–Crippen LogP) is 4.86. The number of aromatic nitrogens is 6. The lowest BCUT2D eigenvalue weighted by Gasteiger charge is -2.18. The molecule has 0 fully saturated rings. The van der Waals surface area contributed by atoms with E-state index in [2.05, 4.69) is 98.7 Å². The fourth-order valence-electron chi connectivity index (χ4n) is 4.72. The van der Waals surface area contributed by atoms with Crippen LogP contribution in [0.25, 0.3) is 33.3 Å². The number of benzene rings is 3. The quantitative estimate of drug-likeness (QED) is 0.395. The van der Waals surface area contributed by atoms with E-state index in [1.165, 1.54) is 0 Å². The van der Waals surface area contributed by atoms with Crippen molar-refractivity contribution in [3.63, 3.8) is 0 Å². The third kappa shape index (κ3) is 3.38. The van der Waals surface area contributed by atoms with Crippen LogP contribution in [0.15, 0.2) is 84.9 Å². The Morgan fingerprint density at radius 3 is 2.41 bits per heavy atom. The average molecular weight is 446 g/mol. The second-order valence-electron chi connectivity index (χ2n) is 8.43. The van der Waals surface area contributed by atoms with E-state index in [4.69, 9.17) is 10.7 Å². The van der Waals surface area contributed by atoms with E-state index in [9.17, 15) is 0 Å². The van der Waals surface area contributed by atoms with Gasteiger partial charge in [-0.15, -0.1) is 5.10 Å². The fourth-order valence-corrected chi connectivity index (χ4v) is 4.72. The maximum absolute atomic E-state index is 6.15. The van der Waals surface area contributed by atoms with Crippen LogP contribution in [0.5, 0.6) is 0 Å². The number of nitrogens with two attached hydrogens (primary N) is 1. The summed E-state index contributed by atoms with van der Waals surface area (Å²) in [7, 11) is 2.08. The molecule has 0 saturated carbocycles. The molecular weight excluding hydrogens is 422 g/mol. The number of aryl methyl sites for hydroxylation is 1. The maximum Gasteiger partial charge on any atom is 0.203 e. The average Bonchev–Trinajstić information content (AvgIpc) is 3.47. The molecule has 34 heavy (non-hydrogen) atoms. The molecule has 1 atom stereocenters. The van der Waals surface area contributed by atoms with Crippen LogP contribution >= 0.6 is 0 Å². The molecule has 0 amide bonds. The van der Waals surface area contributed by atoms with Gasteiger partial charge in [0.2, 0.25) is 5.65 Å². The van der Waals surface area contributed by atoms with Crippen molar-refractivity contribution in [2.75, 3.05) is 5.73 Å². The number of hydrogen-bond acceptors (Lipinski definition) is 5. The van der Waals surface area contributed by atoms with Gasteiger partial charge in [0.15, 0.2) is 0 Å². The number of H-pyrrole nitrogens is 1. The Hall–Kier alpha value is -4.52. The maximum atomic E-state index is 6.15. The number of nitrogens with zero attached hydrogens (tertiary/aromatic N) is 5. The molecule has 3 N–H and O–H groups in total. The highest BCUT2D eigenvalue weighted by Gasteiger charge is 2.23. The Morgan fingerprint density at radius 1 is 0.853 bits per heavy atom. The van der Waals surface area contributed by atoms with Crippen LogP contribution in [0.2, 0.25) is 0 Å². The number of nitrogens with one attached hydrogen (secondary N) is 1. The highest BCUT2D eigenvalue weighted by molar-refractivity contribution is 5.92. The first kappa shape index (κ1) is 20.1. The molecule has 0 radical (unpaired) electrons. The number of nitrogen functional groups attached to an aromatic ring is 1. The number of para-hydroxylation sites is 1. The Kier molecular flexibility index (Phi) is 4.80. The topological polar surface area (TPSA) is 98.3 Å². The minimum absolute atomic E-state index is 0.0187. The van der Waals surface area contributed by atoms with Crippen LogP contribution in [0.1, 0.15) is 22.9 Å². The number of fused-ring (bicyclic) bond motifs is 2. The summed E-state index contributed by atoms with van der Waals surface area (Å²) >= 11 is 0. The van der Waals surface area contributed by atoms with Gasteiger partial charge in [-0.3, -0.25) is 0 Å². The zero-order chi connectivity index (χ0) is 23.1. The molecule has 6 aromatic rings. The number of imidazole rings is 1. The summed E-state index contributed by atoms with van der Waals surface area (Å²) in [6.45, 7) is 0. The summed E-state index contributed by atoms with van der Waals surface area (Å²) in [4.78, 5) is 9.47. The molecule has 0 aliphatic heterocycles. The highest BCUT2D eigenvalue weighted by atomic mass is 15.3. The van der Waals surface area contributed by atoms with Gasteiger partial charge in [-0.05, 0) is 28.8 Å². The van der Waals surface area contributed by atoms with Crippen LogP contribution in [-0.4, -0.2) is 29.9 Å². The summed E-state index contributed by atoms with van der Waals surface area (Å²) in [6, 6.07) is 29.0. The van der Waals surface area contributed by atoms with Crippen molar-refractivity contribution in [3.8, 4) is 11.1 Å². The molecule has 0 spiro atoms. The van der Waals surface area contributed by atoms with Gasteiger partial charge >= 0.3 is 0 Å². The van der Waals surface area contributed by atoms with E-state index in [1.807, 2.05) is 18.2 Å². The number of aromatic amines is 1. The summed E-state index contributed by atoms with van der Waals surface area (Å²) < 4.78 is 2.18. The number of anilines is 1. The van der Waals surface area contributed by atoms with E-state index in [-0.39, 0.29) is 5.92 Å². The van der Waals surface area contributed by atoms with Gasteiger partial charge < -0.3 is 10.3 Å². The summed E-state index contributed by atoms with van der Waals surface area (Å²) in [5.74, 6) is 1.39. The summed E-state index contributed by atoms with van der Waals surface area (Å²) in [5.41, 5.74) is 13.9. The van der Waals surface area contributed by atoms with Crippen molar-refractivity contribution < 1.29 is 0 Å². The third-order valence-corrected chi connectivity index (χ3v) is 6.39. The van der Waals surface area contributed by atoms with Crippen LogP contribution < -0.4 is 5.73 Å². The van der Waals surface area contributed by atoms with Crippen LogP contribution in [0.3, 0.4) is 0 Å². The van der Waals surface area contributed by atoms with Crippen molar-refractivity contribution >= 4 is 28.0 Å². The predicted molar refractivity (Wildman–Crippen MR) is 134 cm³/mol. The van der Waals surface area contributed by atoms with Gasteiger partial charge in [-0.2, -0.15) is 10.3 Å². The lowest BCUT2D eigenvalue weighted by Crippen LogP contribution is -2.11. The second-order valence-corrected chi connectivity index (χ2v) is 8.43. The SMILES string of the molecule is Cn1c(CC(c2ccccc2)c2cc(N)nc3n[nH]nc23)nc2c(-c3ccccc3)cccc21. The van der Waals surface area contributed by atoms with Gasteiger partial charge in [-0.25, -0.2) is 9.97 Å². The molecular formula is C27H23N7. The van der Waals surface area contributed by atoms with Crippen molar-refractivity contribution in [3.05, 3.63) is 102 Å². The van der Waals surface area contributed by atoms with Gasteiger partial charge in [0.25, 0.3) is 0 Å². The van der Waals surface area contributed by atoms with Crippen molar-refractivity contribution in [1.29, 1.82) is 0 Å². The second kappa shape index (κ2) is 8.12. The molecule has 1 unspecified atom stereocenters. The van der Waals surface area contributed by atoms with Gasteiger partial charge in [-0.1, -0.05) is 72.8 Å². The zero-order valence-corrected chi connectivity index (χ0v) is 18.7. The molecule has 0 aliphatic carbocycles. The van der Waals surface area contributed by atoms with Crippen molar-refractivity contribution in [2.24, 2.45) is 7.05 Å². The van der Waals surface area contributed by atoms with E-state index >= 15 is 0 Å². The Balaban J connectivity index is 1.51. The first-order valence-electron chi connectivity index (χ1n) is 11.2. The molecule has 6 rings (SSSR count). The molecule has 3 aromatic carbocycles. The molecule has 3 aromatic heterocycles. The minimum atomic E-state index is -0.0187. The lowest BCUT2D eigenvalue weighted by molar-refractivity contribution is 0.720. The van der Waals surface area contributed by atoms with E-state index in [1.54, 1.807) is 0 Å². The first-order valence-corrected chi connectivity index (χ1v) is 11.2. The first-order chi connectivity index (χ1) is 16.7. The highest BCUT2D eigenvalue weighted by Crippen LogP contribution is 2.34.